The number of anilines is 1. The minimum atomic E-state index is -0.660. The maximum Gasteiger partial charge on any atom is 0.285 e. The Morgan fingerprint density at radius 1 is 1.00 bits per heavy atom. The van der Waals surface area contributed by atoms with Gasteiger partial charge in [0.2, 0.25) is 5.91 Å². The third-order valence-electron chi connectivity index (χ3n) is 3.82. The van der Waals surface area contributed by atoms with Gasteiger partial charge in [0.25, 0.3) is 11.6 Å². The van der Waals surface area contributed by atoms with E-state index in [9.17, 15) is 19.7 Å². The molecule has 2 amide bonds. The smallest absolute Gasteiger partial charge is 0.285 e. The molecule has 0 aliphatic carbocycles. The van der Waals surface area contributed by atoms with E-state index in [1.165, 1.54) is 6.07 Å². The molecule has 0 unspecified atom stereocenters. The van der Waals surface area contributed by atoms with Crippen molar-refractivity contribution in [3.63, 3.8) is 0 Å². The average Bonchev–Trinajstić information content (AvgIpc) is 2.55. The first-order valence-electron chi connectivity index (χ1n) is 7.69. The lowest BCUT2D eigenvalue weighted by Crippen LogP contribution is -2.33. The first-order chi connectivity index (χ1) is 11.8. The molecule has 7 heteroatoms. The van der Waals surface area contributed by atoms with Gasteiger partial charge in [-0.1, -0.05) is 30.3 Å². The molecule has 0 aliphatic heterocycles. The summed E-state index contributed by atoms with van der Waals surface area (Å²) in [6, 6.07) is 10.1. The molecule has 2 aromatic rings. The maximum atomic E-state index is 12.2. The Labute approximate surface area is 145 Å². The van der Waals surface area contributed by atoms with E-state index < -0.39 is 16.7 Å². The summed E-state index contributed by atoms with van der Waals surface area (Å²) in [5.41, 5.74) is 2.59. The molecule has 0 radical (unpaired) electrons. The van der Waals surface area contributed by atoms with E-state index in [0.717, 1.165) is 11.1 Å². The average molecular weight is 341 g/mol. The summed E-state index contributed by atoms with van der Waals surface area (Å²) in [6.45, 7) is 5.02. The summed E-state index contributed by atoms with van der Waals surface area (Å²) < 4.78 is 0. The Bertz CT molecular complexity index is 826. The van der Waals surface area contributed by atoms with E-state index in [4.69, 9.17) is 0 Å². The fourth-order valence-corrected chi connectivity index (χ4v) is 2.54. The van der Waals surface area contributed by atoms with Gasteiger partial charge in [0.1, 0.15) is 5.56 Å². The summed E-state index contributed by atoms with van der Waals surface area (Å²) in [7, 11) is 0. The lowest BCUT2D eigenvalue weighted by Gasteiger charge is -2.12. The normalized spacial score (nSPS) is 10.2. The van der Waals surface area contributed by atoms with Crippen LogP contribution in [0.1, 0.15) is 27.0 Å². The van der Waals surface area contributed by atoms with Crippen molar-refractivity contribution in [2.45, 2.75) is 20.8 Å². The van der Waals surface area contributed by atoms with Crippen molar-refractivity contribution >= 4 is 23.2 Å². The number of carbonyl (C=O) groups is 2. The van der Waals surface area contributed by atoms with Gasteiger partial charge >= 0.3 is 0 Å². The van der Waals surface area contributed by atoms with Crippen LogP contribution < -0.4 is 10.6 Å². The second-order valence-electron chi connectivity index (χ2n) is 5.73. The Morgan fingerprint density at radius 2 is 1.56 bits per heavy atom. The number of benzene rings is 2. The molecule has 0 atom stereocenters. The van der Waals surface area contributed by atoms with Gasteiger partial charge in [-0.2, -0.15) is 0 Å². The van der Waals surface area contributed by atoms with Crippen LogP contribution in [0.2, 0.25) is 0 Å². The van der Waals surface area contributed by atoms with E-state index in [2.05, 4.69) is 10.6 Å². The van der Waals surface area contributed by atoms with Crippen molar-refractivity contribution in [1.82, 2.24) is 5.32 Å². The standard InChI is InChI=1S/C18H19N3O4/c1-11-6-4-7-12(2)16(11)20-15(22)10-19-18(23)14-9-5-8-13(3)17(14)21(24)25/h4-9H,10H2,1-3H3,(H,19,23)(H,20,22). The quantitative estimate of drug-likeness (QED) is 0.645. The minimum Gasteiger partial charge on any atom is -0.343 e. The first kappa shape index (κ1) is 18.1. The lowest BCUT2D eigenvalue weighted by atomic mass is 10.1. The molecule has 130 valence electrons. The highest BCUT2D eigenvalue weighted by molar-refractivity contribution is 6.02. The van der Waals surface area contributed by atoms with Gasteiger partial charge in [0.15, 0.2) is 0 Å². The number of para-hydroxylation sites is 2. The fourth-order valence-electron chi connectivity index (χ4n) is 2.54. The molecule has 0 aromatic heterocycles. The molecule has 2 aromatic carbocycles. The van der Waals surface area contributed by atoms with Crippen LogP contribution >= 0.6 is 0 Å². The van der Waals surface area contributed by atoms with Gasteiger partial charge in [-0.25, -0.2) is 0 Å². The zero-order valence-electron chi connectivity index (χ0n) is 14.3. The van der Waals surface area contributed by atoms with Crippen molar-refractivity contribution in [2.24, 2.45) is 0 Å². The minimum absolute atomic E-state index is 0.0649. The van der Waals surface area contributed by atoms with Crippen LogP contribution in [-0.2, 0) is 4.79 Å². The topological polar surface area (TPSA) is 101 Å². The molecule has 0 spiro atoms. The molecule has 2 N–H and O–H groups in total. The Kier molecular flexibility index (Phi) is 5.49. The Morgan fingerprint density at radius 3 is 2.16 bits per heavy atom. The number of nitro groups is 1. The van der Waals surface area contributed by atoms with E-state index in [1.807, 2.05) is 32.0 Å². The molecular formula is C18H19N3O4. The second kappa shape index (κ2) is 7.57. The number of aryl methyl sites for hydroxylation is 3. The summed E-state index contributed by atoms with van der Waals surface area (Å²) in [5.74, 6) is -1.06. The lowest BCUT2D eigenvalue weighted by molar-refractivity contribution is -0.385. The van der Waals surface area contributed by atoms with Gasteiger partial charge in [-0.15, -0.1) is 0 Å². The largest absolute Gasteiger partial charge is 0.343 e. The zero-order valence-corrected chi connectivity index (χ0v) is 14.3. The molecule has 0 saturated heterocycles. The molecule has 0 bridgehead atoms. The van der Waals surface area contributed by atoms with Crippen molar-refractivity contribution < 1.29 is 14.5 Å². The van der Waals surface area contributed by atoms with Crippen LogP contribution in [0.25, 0.3) is 0 Å². The third-order valence-corrected chi connectivity index (χ3v) is 3.82. The number of nitrogens with zero attached hydrogens (tertiary/aromatic N) is 1. The number of hydrogen-bond donors (Lipinski definition) is 2. The monoisotopic (exact) mass is 341 g/mol. The van der Waals surface area contributed by atoms with Crippen LogP contribution in [0.3, 0.4) is 0 Å². The van der Waals surface area contributed by atoms with Gasteiger partial charge < -0.3 is 10.6 Å². The van der Waals surface area contributed by atoms with Crippen molar-refractivity contribution in [3.8, 4) is 0 Å². The summed E-state index contributed by atoms with van der Waals surface area (Å²) in [5, 5.41) is 16.3. The molecular weight excluding hydrogens is 322 g/mol. The van der Waals surface area contributed by atoms with Gasteiger partial charge in [0, 0.05) is 11.3 Å². The zero-order chi connectivity index (χ0) is 18.6. The summed E-state index contributed by atoms with van der Waals surface area (Å²) in [4.78, 5) is 34.8. The Balaban J connectivity index is 2.07. The predicted octanol–water partition coefficient (Wildman–Crippen LogP) is 2.89. The third kappa shape index (κ3) is 4.20. The molecule has 0 saturated carbocycles. The van der Waals surface area contributed by atoms with Gasteiger partial charge in [0.05, 0.1) is 11.5 Å². The predicted molar refractivity (Wildman–Crippen MR) is 94.7 cm³/mol. The molecule has 0 aliphatic rings. The SMILES string of the molecule is Cc1cccc(C)c1NC(=O)CNC(=O)c1cccc(C)c1[N+](=O)[O-]. The van der Waals surface area contributed by atoms with E-state index in [-0.39, 0.29) is 17.8 Å². The number of hydrogen-bond acceptors (Lipinski definition) is 4. The second-order valence-corrected chi connectivity index (χ2v) is 5.73. The van der Waals surface area contributed by atoms with Gasteiger partial charge in [-0.3, -0.25) is 19.7 Å². The molecule has 0 fully saturated rings. The number of amides is 2. The van der Waals surface area contributed by atoms with Crippen molar-refractivity contribution in [1.29, 1.82) is 0 Å². The van der Waals surface area contributed by atoms with Crippen LogP contribution in [0.15, 0.2) is 36.4 Å². The highest BCUT2D eigenvalue weighted by Gasteiger charge is 2.22. The highest BCUT2D eigenvalue weighted by Crippen LogP contribution is 2.23. The number of nitrogens with one attached hydrogen (secondary N) is 2. The fraction of sp³-hybridized carbons (Fsp3) is 0.222. The first-order valence-corrected chi connectivity index (χ1v) is 7.69. The van der Waals surface area contributed by atoms with Crippen LogP contribution in [0.5, 0.6) is 0 Å². The van der Waals surface area contributed by atoms with Crippen LogP contribution in [0, 0.1) is 30.9 Å². The maximum absolute atomic E-state index is 12.2. The highest BCUT2D eigenvalue weighted by atomic mass is 16.6. The van der Waals surface area contributed by atoms with Crippen molar-refractivity contribution in [3.05, 3.63) is 68.8 Å². The van der Waals surface area contributed by atoms with E-state index in [1.54, 1.807) is 19.1 Å². The molecule has 25 heavy (non-hydrogen) atoms. The van der Waals surface area contributed by atoms with Crippen LogP contribution in [-0.4, -0.2) is 23.3 Å². The summed E-state index contributed by atoms with van der Waals surface area (Å²) in [6.07, 6.45) is 0. The van der Waals surface area contributed by atoms with E-state index in [0.29, 0.717) is 11.3 Å². The number of nitro benzene ring substituents is 1. The summed E-state index contributed by atoms with van der Waals surface area (Å²) >= 11 is 0. The molecule has 7 nitrogen and oxygen atoms in total. The van der Waals surface area contributed by atoms with Crippen molar-refractivity contribution in [2.75, 3.05) is 11.9 Å². The molecule has 0 heterocycles. The number of rotatable bonds is 5. The number of carbonyl (C=O) groups excluding carboxylic acids is 2. The van der Waals surface area contributed by atoms with Crippen LogP contribution in [0.4, 0.5) is 11.4 Å². The van der Waals surface area contributed by atoms with E-state index >= 15 is 0 Å². The Hall–Kier alpha value is -3.22. The van der Waals surface area contributed by atoms with Gasteiger partial charge in [-0.05, 0) is 38.0 Å². The molecule has 2 rings (SSSR count).